The molecule has 0 heterocycles. The molecule has 3 heteroatoms. The first-order valence-corrected chi connectivity index (χ1v) is 7.08. The van der Waals surface area contributed by atoms with E-state index in [-0.39, 0.29) is 5.91 Å². The number of hydrogen-bond acceptors (Lipinski definition) is 1. The summed E-state index contributed by atoms with van der Waals surface area (Å²) in [5, 5.41) is 5.03. The zero-order chi connectivity index (χ0) is 13.9. The van der Waals surface area contributed by atoms with Crippen LogP contribution in [0.5, 0.6) is 0 Å². The summed E-state index contributed by atoms with van der Waals surface area (Å²) in [5.41, 5.74) is 1.45. The third-order valence-electron chi connectivity index (χ3n) is 3.12. The van der Waals surface area contributed by atoms with Gasteiger partial charge in [0.1, 0.15) is 0 Å². The molecule has 1 amide bonds. The number of anilines is 1. The van der Waals surface area contributed by atoms with Crippen molar-refractivity contribution in [3.05, 3.63) is 76.8 Å². The van der Waals surface area contributed by atoms with Crippen LogP contribution < -0.4 is 5.32 Å². The van der Waals surface area contributed by atoms with Crippen molar-refractivity contribution in [3.63, 3.8) is 0 Å². The molecular weight excluding hydrogens is 314 g/mol. The van der Waals surface area contributed by atoms with Crippen LogP contribution in [0.1, 0.15) is 10.4 Å². The molecule has 2 nitrogen and oxygen atoms in total. The van der Waals surface area contributed by atoms with E-state index in [9.17, 15) is 4.79 Å². The molecule has 0 aromatic heterocycles. The lowest BCUT2D eigenvalue weighted by molar-refractivity contribution is 0.102. The highest BCUT2D eigenvalue weighted by molar-refractivity contribution is 9.10. The second kappa shape index (κ2) is 5.47. The number of para-hydroxylation sites is 1. The molecule has 0 radical (unpaired) electrons. The first kappa shape index (κ1) is 12.9. The molecule has 0 atom stereocenters. The molecule has 0 saturated carbocycles. The summed E-state index contributed by atoms with van der Waals surface area (Å²) in [4.78, 5) is 12.2. The summed E-state index contributed by atoms with van der Waals surface area (Å²) in [7, 11) is 0. The van der Waals surface area contributed by atoms with Crippen molar-refractivity contribution in [1.29, 1.82) is 0 Å². The van der Waals surface area contributed by atoms with Gasteiger partial charge in [0.25, 0.3) is 5.91 Å². The van der Waals surface area contributed by atoms with Gasteiger partial charge < -0.3 is 5.32 Å². The van der Waals surface area contributed by atoms with Crippen LogP contribution in [-0.4, -0.2) is 5.91 Å². The van der Waals surface area contributed by atoms with Crippen LogP contribution in [0.15, 0.2) is 71.2 Å². The lowest BCUT2D eigenvalue weighted by Crippen LogP contribution is -2.11. The van der Waals surface area contributed by atoms with Gasteiger partial charge in [-0.25, -0.2) is 0 Å². The SMILES string of the molecule is O=C(Nc1ccccc1)c1ccc2c(Br)cccc2c1. The van der Waals surface area contributed by atoms with Crippen molar-refractivity contribution in [2.75, 3.05) is 5.32 Å². The van der Waals surface area contributed by atoms with Gasteiger partial charge in [0.15, 0.2) is 0 Å². The van der Waals surface area contributed by atoms with E-state index >= 15 is 0 Å². The molecule has 0 aliphatic heterocycles. The Morgan fingerprint density at radius 1 is 0.900 bits per heavy atom. The van der Waals surface area contributed by atoms with Crippen LogP contribution in [-0.2, 0) is 0 Å². The van der Waals surface area contributed by atoms with Gasteiger partial charge in [-0.15, -0.1) is 0 Å². The normalized spacial score (nSPS) is 10.4. The second-order valence-corrected chi connectivity index (χ2v) is 5.35. The largest absolute Gasteiger partial charge is 0.322 e. The van der Waals surface area contributed by atoms with E-state index in [1.165, 1.54) is 0 Å². The second-order valence-electron chi connectivity index (χ2n) is 4.50. The van der Waals surface area contributed by atoms with E-state index in [4.69, 9.17) is 0 Å². The number of nitrogens with one attached hydrogen (secondary N) is 1. The standard InChI is InChI=1S/C17H12BrNO/c18-16-8-4-5-12-11-13(9-10-15(12)16)17(20)19-14-6-2-1-3-7-14/h1-11H,(H,19,20). The molecule has 0 saturated heterocycles. The molecule has 0 spiro atoms. The number of carbonyl (C=O) groups is 1. The molecule has 0 fully saturated rings. The number of rotatable bonds is 2. The summed E-state index contributed by atoms with van der Waals surface area (Å²) in [5.74, 6) is -0.0990. The highest BCUT2D eigenvalue weighted by Gasteiger charge is 2.07. The summed E-state index contributed by atoms with van der Waals surface area (Å²) in [6.07, 6.45) is 0. The van der Waals surface area contributed by atoms with E-state index in [0.29, 0.717) is 5.56 Å². The zero-order valence-electron chi connectivity index (χ0n) is 10.6. The van der Waals surface area contributed by atoms with Gasteiger partial charge in [-0.2, -0.15) is 0 Å². The first-order chi connectivity index (χ1) is 9.74. The molecule has 3 aromatic carbocycles. The highest BCUT2D eigenvalue weighted by atomic mass is 79.9. The molecule has 3 aromatic rings. The minimum Gasteiger partial charge on any atom is -0.322 e. The summed E-state index contributed by atoms with van der Waals surface area (Å²) in [6, 6.07) is 21.1. The van der Waals surface area contributed by atoms with E-state index in [1.807, 2.05) is 66.7 Å². The highest BCUT2D eigenvalue weighted by Crippen LogP contribution is 2.24. The van der Waals surface area contributed by atoms with Gasteiger partial charge in [0.2, 0.25) is 0 Å². The molecule has 0 aliphatic carbocycles. The van der Waals surface area contributed by atoms with Crippen LogP contribution in [0.3, 0.4) is 0 Å². The predicted octanol–water partition coefficient (Wildman–Crippen LogP) is 4.85. The van der Waals surface area contributed by atoms with E-state index in [0.717, 1.165) is 20.9 Å². The van der Waals surface area contributed by atoms with Gasteiger partial charge in [-0.1, -0.05) is 52.3 Å². The number of benzene rings is 3. The molecule has 0 bridgehead atoms. The van der Waals surface area contributed by atoms with Gasteiger partial charge in [-0.05, 0) is 41.1 Å². The minimum absolute atomic E-state index is 0.0990. The Kier molecular flexibility index (Phi) is 3.52. The van der Waals surface area contributed by atoms with Crippen molar-refractivity contribution >= 4 is 38.3 Å². The zero-order valence-corrected chi connectivity index (χ0v) is 12.2. The maximum atomic E-state index is 12.2. The van der Waals surface area contributed by atoms with E-state index in [1.54, 1.807) is 0 Å². The maximum absolute atomic E-state index is 12.2. The summed E-state index contributed by atoms with van der Waals surface area (Å²) >= 11 is 3.51. The van der Waals surface area contributed by atoms with Crippen LogP contribution >= 0.6 is 15.9 Å². The topological polar surface area (TPSA) is 29.1 Å². The van der Waals surface area contributed by atoms with Crippen molar-refractivity contribution in [2.45, 2.75) is 0 Å². The molecule has 98 valence electrons. The van der Waals surface area contributed by atoms with Crippen molar-refractivity contribution in [3.8, 4) is 0 Å². The van der Waals surface area contributed by atoms with Gasteiger partial charge in [-0.3, -0.25) is 4.79 Å². The van der Waals surface area contributed by atoms with Gasteiger partial charge in [0, 0.05) is 15.7 Å². The monoisotopic (exact) mass is 325 g/mol. The minimum atomic E-state index is -0.0990. The average molecular weight is 326 g/mol. The lowest BCUT2D eigenvalue weighted by Gasteiger charge is -2.07. The van der Waals surface area contributed by atoms with Gasteiger partial charge >= 0.3 is 0 Å². The molecule has 3 rings (SSSR count). The number of carbonyl (C=O) groups excluding carboxylic acids is 1. The fraction of sp³-hybridized carbons (Fsp3) is 0. The van der Waals surface area contributed by atoms with Crippen LogP contribution in [0.2, 0.25) is 0 Å². The third-order valence-corrected chi connectivity index (χ3v) is 3.81. The molecule has 1 N–H and O–H groups in total. The number of amides is 1. The lowest BCUT2D eigenvalue weighted by atomic mass is 10.1. The average Bonchev–Trinajstić information content (AvgIpc) is 2.48. The number of hydrogen-bond donors (Lipinski definition) is 1. The van der Waals surface area contributed by atoms with E-state index < -0.39 is 0 Å². The number of fused-ring (bicyclic) bond motifs is 1. The predicted molar refractivity (Wildman–Crippen MR) is 86.0 cm³/mol. The van der Waals surface area contributed by atoms with Crippen LogP contribution in [0.25, 0.3) is 10.8 Å². The molecular formula is C17H12BrNO. The van der Waals surface area contributed by atoms with Crippen LogP contribution in [0.4, 0.5) is 5.69 Å². The summed E-state index contributed by atoms with van der Waals surface area (Å²) in [6.45, 7) is 0. The first-order valence-electron chi connectivity index (χ1n) is 6.29. The Morgan fingerprint density at radius 2 is 1.70 bits per heavy atom. The smallest absolute Gasteiger partial charge is 0.255 e. The van der Waals surface area contributed by atoms with Crippen molar-refractivity contribution < 1.29 is 4.79 Å². The molecule has 0 aliphatic rings. The Morgan fingerprint density at radius 3 is 2.50 bits per heavy atom. The van der Waals surface area contributed by atoms with Gasteiger partial charge in [0.05, 0.1) is 0 Å². The Labute approximate surface area is 125 Å². The fourth-order valence-electron chi connectivity index (χ4n) is 2.11. The van der Waals surface area contributed by atoms with Crippen LogP contribution in [0, 0.1) is 0 Å². The Balaban J connectivity index is 1.92. The Hall–Kier alpha value is -2.13. The fourth-order valence-corrected chi connectivity index (χ4v) is 2.62. The third kappa shape index (κ3) is 2.58. The van der Waals surface area contributed by atoms with E-state index in [2.05, 4.69) is 21.2 Å². The summed E-state index contributed by atoms with van der Waals surface area (Å²) < 4.78 is 1.03. The number of halogens is 1. The molecule has 20 heavy (non-hydrogen) atoms. The van der Waals surface area contributed by atoms with Crippen molar-refractivity contribution in [1.82, 2.24) is 0 Å². The molecule has 0 unspecified atom stereocenters. The Bertz CT molecular complexity index is 768. The quantitative estimate of drug-likeness (QED) is 0.716. The maximum Gasteiger partial charge on any atom is 0.255 e. The van der Waals surface area contributed by atoms with Crippen molar-refractivity contribution in [2.24, 2.45) is 0 Å².